The lowest BCUT2D eigenvalue weighted by Crippen LogP contribution is -2.46. The van der Waals surface area contributed by atoms with Gasteiger partial charge in [0.25, 0.3) is 0 Å². The number of nitrogens with one attached hydrogen (secondary N) is 1. The van der Waals surface area contributed by atoms with Gasteiger partial charge in [0.05, 0.1) is 12.6 Å². The van der Waals surface area contributed by atoms with Gasteiger partial charge in [-0.15, -0.1) is 0 Å². The van der Waals surface area contributed by atoms with E-state index in [1.165, 1.54) is 4.90 Å². The van der Waals surface area contributed by atoms with Crippen LogP contribution in [0.5, 0.6) is 0 Å². The van der Waals surface area contributed by atoms with Crippen LogP contribution in [0.2, 0.25) is 0 Å². The van der Waals surface area contributed by atoms with Crippen LogP contribution in [0.15, 0.2) is 30.3 Å². The van der Waals surface area contributed by atoms with E-state index < -0.39 is 6.04 Å². The summed E-state index contributed by atoms with van der Waals surface area (Å²) in [7, 11) is 1.60. The van der Waals surface area contributed by atoms with E-state index in [9.17, 15) is 9.59 Å². The van der Waals surface area contributed by atoms with E-state index in [4.69, 9.17) is 5.73 Å². The minimum Gasteiger partial charge on any atom is -0.355 e. The van der Waals surface area contributed by atoms with Crippen molar-refractivity contribution >= 4 is 11.8 Å². The molecule has 0 aliphatic heterocycles. The predicted molar refractivity (Wildman–Crippen MR) is 79.1 cm³/mol. The molecule has 0 heterocycles. The first-order chi connectivity index (χ1) is 9.54. The second-order valence-corrected chi connectivity index (χ2v) is 4.78. The zero-order valence-electron chi connectivity index (χ0n) is 12.1. The van der Waals surface area contributed by atoms with E-state index in [0.717, 1.165) is 12.0 Å². The van der Waals surface area contributed by atoms with Gasteiger partial charge in [-0.25, -0.2) is 0 Å². The average molecular weight is 277 g/mol. The number of benzene rings is 1. The van der Waals surface area contributed by atoms with Crippen molar-refractivity contribution in [2.45, 2.75) is 25.8 Å². The lowest BCUT2D eigenvalue weighted by atomic mass is 10.1. The summed E-state index contributed by atoms with van der Waals surface area (Å²) < 4.78 is 0. The number of amides is 2. The Hall–Kier alpha value is -1.88. The normalized spacial score (nSPS) is 11.8. The smallest absolute Gasteiger partial charge is 0.239 e. The van der Waals surface area contributed by atoms with E-state index in [2.05, 4.69) is 5.32 Å². The highest BCUT2D eigenvalue weighted by Crippen LogP contribution is 2.05. The van der Waals surface area contributed by atoms with E-state index in [0.29, 0.717) is 13.0 Å². The molecule has 110 valence electrons. The lowest BCUT2D eigenvalue weighted by Gasteiger charge is -2.20. The predicted octanol–water partition coefficient (Wildman–Crippen LogP) is 0.541. The van der Waals surface area contributed by atoms with E-state index in [1.54, 1.807) is 7.05 Å². The van der Waals surface area contributed by atoms with E-state index in [-0.39, 0.29) is 18.4 Å². The summed E-state index contributed by atoms with van der Waals surface area (Å²) in [6, 6.07) is 9.32. The molecule has 2 amide bonds. The molecular weight excluding hydrogens is 254 g/mol. The standard InChI is InChI=1S/C15H23N3O2/c1-3-17-14(19)11-18(2)15(20)13(16)10-9-12-7-5-4-6-8-12/h4-8,13H,3,9-11,16H2,1-2H3,(H,17,19)/t13-/m0/s1. The Morgan fingerprint density at radius 2 is 1.95 bits per heavy atom. The topological polar surface area (TPSA) is 75.4 Å². The van der Waals surface area contributed by atoms with Gasteiger partial charge >= 0.3 is 0 Å². The maximum Gasteiger partial charge on any atom is 0.239 e. The quantitative estimate of drug-likeness (QED) is 0.764. The van der Waals surface area contributed by atoms with Crippen molar-refractivity contribution in [2.75, 3.05) is 20.1 Å². The third kappa shape index (κ3) is 5.40. The van der Waals surface area contributed by atoms with Crippen molar-refractivity contribution in [3.05, 3.63) is 35.9 Å². The number of hydrogen-bond donors (Lipinski definition) is 2. The molecule has 0 aromatic heterocycles. The first-order valence-electron chi connectivity index (χ1n) is 6.85. The molecule has 20 heavy (non-hydrogen) atoms. The fraction of sp³-hybridized carbons (Fsp3) is 0.467. The van der Waals surface area contributed by atoms with Crippen molar-refractivity contribution in [2.24, 2.45) is 5.73 Å². The number of carbonyl (C=O) groups excluding carboxylic acids is 2. The molecule has 0 fully saturated rings. The number of nitrogens with two attached hydrogens (primary N) is 1. The van der Waals surface area contributed by atoms with Crippen molar-refractivity contribution in [3.8, 4) is 0 Å². The number of likely N-dealkylation sites (N-methyl/N-ethyl adjacent to an activating group) is 2. The first-order valence-corrected chi connectivity index (χ1v) is 6.85. The Balaban J connectivity index is 2.40. The van der Waals surface area contributed by atoms with Gasteiger partial charge in [0.1, 0.15) is 0 Å². The van der Waals surface area contributed by atoms with Gasteiger partial charge in [-0.2, -0.15) is 0 Å². The van der Waals surface area contributed by atoms with Gasteiger partial charge in [0, 0.05) is 13.6 Å². The van der Waals surface area contributed by atoms with Crippen molar-refractivity contribution in [1.82, 2.24) is 10.2 Å². The highest BCUT2D eigenvalue weighted by atomic mass is 16.2. The van der Waals surface area contributed by atoms with Crippen LogP contribution in [0.25, 0.3) is 0 Å². The highest BCUT2D eigenvalue weighted by Gasteiger charge is 2.19. The zero-order chi connectivity index (χ0) is 15.0. The maximum absolute atomic E-state index is 12.0. The molecule has 0 saturated heterocycles. The molecule has 0 spiro atoms. The molecule has 0 aliphatic carbocycles. The summed E-state index contributed by atoms with van der Waals surface area (Å²) in [5.74, 6) is -0.370. The third-order valence-corrected chi connectivity index (χ3v) is 3.03. The number of hydrogen-bond acceptors (Lipinski definition) is 3. The van der Waals surface area contributed by atoms with Crippen LogP contribution in [0.1, 0.15) is 18.9 Å². The minimum atomic E-state index is -0.574. The minimum absolute atomic E-state index is 0.0473. The Morgan fingerprint density at radius 3 is 2.55 bits per heavy atom. The zero-order valence-corrected chi connectivity index (χ0v) is 12.1. The summed E-state index contributed by atoms with van der Waals surface area (Å²) in [6.45, 7) is 2.44. The van der Waals surface area contributed by atoms with Crippen LogP contribution < -0.4 is 11.1 Å². The van der Waals surface area contributed by atoms with Crippen molar-refractivity contribution in [3.63, 3.8) is 0 Å². The second kappa shape index (κ2) is 8.32. The van der Waals surface area contributed by atoms with Crippen LogP contribution in [0.4, 0.5) is 0 Å². The SMILES string of the molecule is CCNC(=O)CN(C)C(=O)[C@@H](N)CCc1ccccc1. The number of carbonyl (C=O) groups is 2. The van der Waals surface area contributed by atoms with Gasteiger partial charge < -0.3 is 16.0 Å². The molecule has 1 rings (SSSR count). The third-order valence-electron chi connectivity index (χ3n) is 3.03. The van der Waals surface area contributed by atoms with Crippen LogP contribution >= 0.6 is 0 Å². The first kappa shape index (κ1) is 16.2. The molecule has 5 heteroatoms. The monoisotopic (exact) mass is 277 g/mol. The molecule has 0 aliphatic rings. The fourth-order valence-electron chi connectivity index (χ4n) is 1.92. The molecule has 0 bridgehead atoms. The molecule has 1 atom stereocenters. The van der Waals surface area contributed by atoms with E-state index in [1.807, 2.05) is 37.3 Å². The van der Waals surface area contributed by atoms with Crippen molar-refractivity contribution < 1.29 is 9.59 Å². The Kier molecular flexibility index (Phi) is 6.73. The summed E-state index contributed by atoms with van der Waals surface area (Å²) in [5, 5.41) is 2.65. The van der Waals surface area contributed by atoms with Gasteiger partial charge in [-0.3, -0.25) is 9.59 Å². The van der Waals surface area contributed by atoms with Crippen LogP contribution in [0, 0.1) is 0 Å². The molecule has 0 unspecified atom stereocenters. The molecule has 3 N–H and O–H groups in total. The molecule has 0 saturated carbocycles. The van der Waals surface area contributed by atoms with Gasteiger partial charge in [0.2, 0.25) is 11.8 Å². The molecule has 1 aromatic rings. The molecule has 0 radical (unpaired) electrons. The summed E-state index contributed by atoms with van der Waals surface area (Å²) in [6.07, 6.45) is 1.32. The molecule has 1 aromatic carbocycles. The molecular formula is C15H23N3O2. The lowest BCUT2D eigenvalue weighted by molar-refractivity contribution is -0.135. The summed E-state index contributed by atoms with van der Waals surface area (Å²) in [4.78, 5) is 24.8. The van der Waals surface area contributed by atoms with Crippen LogP contribution in [0.3, 0.4) is 0 Å². The highest BCUT2D eigenvalue weighted by molar-refractivity contribution is 5.87. The summed E-state index contributed by atoms with van der Waals surface area (Å²) >= 11 is 0. The van der Waals surface area contributed by atoms with Crippen molar-refractivity contribution in [1.29, 1.82) is 0 Å². The number of rotatable bonds is 7. The van der Waals surface area contributed by atoms with Crippen LogP contribution in [-0.2, 0) is 16.0 Å². The fourth-order valence-corrected chi connectivity index (χ4v) is 1.92. The number of nitrogens with zero attached hydrogens (tertiary/aromatic N) is 1. The Bertz CT molecular complexity index is 434. The van der Waals surface area contributed by atoms with Gasteiger partial charge in [0.15, 0.2) is 0 Å². The van der Waals surface area contributed by atoms with Gasteiger partial charge in [-0.05, 0) is 25.3 Å². The average Bonchev–Trinajstić information content (AvgIpc) is 2.45. The molecule has 5 nitrogen and oxygen atoms in total. The van der Waals surface area contributed by atoms with Gasteiger partial charge in [-0.1, -0.05) is 30.3 Å². The second-order valence-electron chi connectivity index (χ2n) is 4.78. The van der Waals surface area contributed by atoms with E-state index >= 15 is 0 Å². The van der Waals surface area contributed by atoms with Crippen LogP contribution in [-0.4, -0.2) is 42.9 Å². The summed E-state index contributed by atoms with van der Waals surface area (Å²) in [5.41, 5.74) is 7.05. The largest absolute Gasteiger partial charge is 0.355 e. The Morgan fingerprint density at radius 1 is 1.30 bits per heavy atom. The maximum atomic E-state index is 12.0. The number of aryl methyl sites for hydroxylation is 1. The Labute approximate surface area is 120 Å².